The second kappa shape index (κ2) is 18.4. The summed E-state index contributed by atoms with van der Waals surface area (Å²) < 4.78 is 6.92. The van der Waals surface area contributed by atoms with Crippen molar-refractivity contribution in [1.29, 1.82) is 0 Å². The average molecular weight is 745 g/mol. The zero-order valence-electron chi connectivity index (χ0n) is 34.7. The van der Waals surface area contributed by atoms with E-state index in [1.54, 1.807) is 0 Å². The first-order valence-corrected chi connectivity index (χ1v) is 21.4. The third-order valence-electron chi connectivity index (χ3n) is 11.1. The highest BCUT2D eigenvalue weighted by atomic mass is 16.5. The average Bonchev–Trinajstić information content (AvgIpc) is 3.31. The van der Waals surface area contributed by atoms with Crippen LogP contribution in [0.3, 0.4) is 0 Å². The summed E-state index contributed by atoms with van der Waals surface area (Å²) in [7, 11) is 0. The first-order chi connectivity index (χ1) is 28.3. The fourth-order valence-electron chi connectivity index (χ4n) is 8.65. The number of fused-ring (bicyclic) bond motifs is 4. The van der Waals surface area contributed by atoms with E-state index in [-0.39, 0.29) is 0 Å². The van der Waals surface area contributed by atoms with Gasteiger partial charge in [0.05, 0.1) is 0 Å². The van der Waals surface area contributed by atoms with Gasteiger partial charge in [-0.05, 0) is 135 Å². The number of benzene rings is 6. The fourth-order valence-corrected chi connectivity index (χ4v) is 8.65. The van der Waals surface area contributed by atoms with Crippen molar-refractivity contribution >= 4 is 28.0 Å². The molecule has 57 heavy (non-hydrogen) atoms. The van der Waals surface area contributed by atoms with Crippen LogP contribution in [0, 0.1) is 0 Å². The van der Waals surface area contributed by atoms with Crippen LogP contribution in [-0.2, 0) is 6.42 Å². The van der Waals surface area contributed by atoms with Gasteiger partial charge in [-0.25, -0.2) is 0 Å². The molecule has 0 N–H and O–H groups in total. The van der Waals surface area contributed by atoms with Gasteiger partial charge in [0.15, 0.2) is 0 Å². The number of para-hydroxylation sites is 1. The Hall–Kier alpha value is -5.92. The van der Waals surface area contributed by atoms with Crippen molar-refractivity contribution in [2.75, 3.05) is 0 Å². The molecule has 0 spiro atoms. The Morgan fingerprint density at radius 3 is 1.70 bits per heavy atom. The third-order valence-corrected chi connectivity index (χ3v) is 11.1. The molecule has 1 heterocycles. The van der Waals surface area contributed by atoms with Crippen LogP contribution in [0.25, 0.3) is 61.4 Å². The van der Waals surface area contributed by atoms with E-state index in [4.69, 9.17) is 4.74 Å². The first kappa shape index (κ1) is 39.3. The summed E-state index contributed by atoms with van der Waals surface area (Å²) in [4.78, 5) is 0. The van der Waals surface area contributed by atoms with Crippen LogP contribution < -0.4 is 4.74 Å². The smallest absolute Gasteiger partial charge is 0.144 e. The lowest BCUT2D eigenvalue weighted by molar-refractivity contribution is 0.485. The Labute approximate surface area is 341 Å². The van der Waals surface area contributed by atoms with Crippen LogP contribution in [0.4, 0.5) is 0 Å². The Kier molecular flexibility index (Phi) is 12.7. The molecule has 0 saturated heterocycles. The van der Waals surface area contributed by atoms with Crippen LogP contribution >= 0.6 is 0 Å². The topological polar surface area (TPSA) is 9.23 Å². The molecule has 0 radical (unpaired) electrons. The van der Waals surface area contributed by atoms with Gasteiger partial charge in [-0.15, -0.1) is 0 Å². The van der Waals surface area contributed by atoms with Gasteiger partial charge in [0, 0.05) is 16.5 Å². The first-order valence-electron chi connectivity index (χ1n) is 21.4. The van der Waals surface area contributed by atoms with Gasteiger partial charge in [0.2, 0.25) is 0 Å². The maximum absolute atomic E-state index is 6.92. The third kappa shape index (κ3) is 7.77. The highest BCUT2D eigenvalue weighted by Crippen LogP contribution is 2.53. The van der Waals surface area contributed by atoms with E-state index in [0.29, 0.717) is 0 Å². The van der Waals surface area contributed by atoms with Crippen molar-refractivity contribution in [2.45, 2.75) is 80.1 Å². The van der Waals surface area contributed by atoms with E-state index >= 15 is 0 Å². The van der Waals surface area contributed by atoms with E-state index in [2.05, 4.69) is 158 Å². The minimum absolute atomic E-state index is 0.941. The number of hydrogen-bond acceptors (Lipinski definition) is 1. The molecule has 0 atom stereocenters. The van der Waals surface area contributed by atoms with Crippen LogP contribution in [0.1, 0.15) is 95.9 Å². The second-order valence-electron chi connectivity index (χ2n) is 14.1. The Morgan fingerprint density at radius 2 is 1.04 bits per heavy atom. The monoisotopic (exact) mass is 744 g/mol. The maximum Gasteiger partial charge on any atom is 0.144 e. The molecule has 4 aliphatic rings. The Balaban J connectivity index is 0.000000792. The number of hydrogen-bond donors (Lipinski definition) is 0. The van der Waals surface area contributed by atoms with Crippen molar-refractivity contribution in [2.24, 2.45) is 0 Å². The number of rotatable bonds is 5. The van der Waals surface area contributed by atoms with Crippen LogP contribution in [0.5, 0.6) is 11.5 Å². The SMILES string of the molecule is C1=Cc2c(C3=CCCC(C4=CC(c5cc(-c6ccccc6)cc(-c6ccccc6)c5)=CCC4)=C3)c3c4c(cccc4c2CC1)-c1ccccc1O3.CC.CC.CC. The summed E-state index contributed by atoms with van der Waals surface area (Å²) in [6, 6.07) is 43.9. The molecule has 1 heteroatoms. The van der Waals surface area contributed by atoms with Crippen LogP contribution in [0.15, 0.2) is 163 Å². The molecule has 286 valence electrons. The summed E-state index contributed by atoms with van der Waals surface area (Å²) >= 11 is 0. The van der Waals surface area contributed by atoms with Gasteiger partial charge in [-0.2, -0.15) is 0 Å². The molecule has 6 aromatic carbocycles. The lowest BCUT2D eigenvalue weighted by atomic mass is 9.79. The van der Waals surface area contributed by atoms with E-state index < -0.39 is 0 Å². The quantitative estimate of drug-likeness (QED) is 0.171. The zero-order valence-corrected chi connectivity index (χ0v) is 34.7. The van der Waals surface area contributed by atoms with Crippen molar-refractivity contribution in [1.82, 2.24) is 0 Å². The molecule has 0 amide bonds. The predicted molar refractivity (Wildman–Crippen MR) is 249 cm³/mol. The molecule has 0 fully saturated rings. The highest BCUT2D eigenvalue weighted by Gasteiger charge is 2.29. The van der Waals surface area contributed by atoms with Crippen molar-refractivity contribution < 1.29 is 4.74 Å². The molecule has 0 bridgehead atoms. The number of aryl methyl sites for hydroxylation is 1. The number of allylic oxidation sites excluding steroid dienone is 9. The molecule has 10 rings (SSSR count). The largest absolute Gasteiger partial charge is 0.455 e. The van der Waals surface area contributed by atoms with E-state index in [9.17, 15) is 0 Å². The Morgan fingerprint density at radius 1 is 0.474 bits per heavy atom. The summed E-state index contributed by atoms with van der Waals surface area (Å²) in [5.74, 6) is 1.95. The second-order valence-corrected chi connectivity index (χ2v) is 14.1. The molecular formula is C56H56O. The van der Waals surface area contributed by atoms with Gasteiger partial charge < -0.3 is 4.74 Å². The molecule has 0 aromatic heterocycles. The summed E-state index contributed by atoms with van der Waals surface area (Å²) in [5, 5.41) is 2.59. The van der Waals surface area contributed by atoms with Gasteiger partial charge in [0.25, 0.3) is 0 Å². The molecule has 0 saturated carbocycles. The summed E-state index contributed by atoms with van der Waals surface area (Å²) in [6.45, 7) is 12.0. The van der Waals surface area contributed by atoms with Crippen molar-refractivity contribution in [3.63, 3.8) is 0 Å². The normalized spacial score (nSPS) is 14.6. The zero-order chi connectivity index (χ0) is 39.7. The minimum atomic E-state index is 0.941. The highest BCUT2D eigenvalue weighted by molar-refractivity contribution is 6.10. The number of ether oxygens (including phenoxy) is 1. The van der Waals surface area contributed by atoms with Gasteiger partial charge in [-0.1, -0.05) is 175 Å². The van der Waals surface area contributed by atoms with Gasteiger partial charge >= 0.3 is 0 Å². The molecule has 3 aliphatic carbocycles. The summed E-state index contributed by atoms with van der Waals surface area (Å²) in [5.41, 5.74) is 18.3. The lowest BCUT2D eigenvalue weighted by Gasteiger charge is -2.29. The molecule has 6 aromatic rings. The molecule has 1 nitrogen and oxygen atoms in total. The van der Waals surface area contributed by atoms with Gasteiger partial charge in [-0.3, -0.25) is 0 Å². The van der Waals surface area contributed by atoms with Crippen molar-refractivity contribution in [3.8, 4) is 44.9 Å². The standard InChI is InChI=1S/C50H38O.3C2H6/c1-3-14-33(15-4-1)39-30-40(34-16-5-2-6-17-34)32-41(31-39)37-20-11-18-35(28-37)36-19-12-21-38(29-36)48-44-24-8-7-22-42(44)45-25-13-26-46-43-23-9-10-27-47(43)51-50(48)49(45)46;3*1-2/h1-6,8-10,13-17,20-21,23-32H,7,11-12,18-19,22H2;3*1-2H3. The van der Waals surface area contributed by atoms with E-state index in [0.717, 1.165) is 50.0 Å². The lowest BCUT2D eigenvalue weighted by Crippen LogP contribution is -2.08. The van der Waals surface area contributed by atoms with E-state index in [1.165, 1.54) is 88.7 Å². The minimum Gasteiger partial charge on any atom is -0.455 e. The summed E-state index contributed by atoms with van der Waals surface area (Å²) in [6.07, 6.45) is 20.8. The van der Waals surface area contributed by atoms with Crippen molar-refractivity contribution in [3.05, 3.63) is 185 Å². The predicted octanol–water partition coefficient (Wildman–Crippen LogP) is 16.9. The van der Waals surface area contributed by atoms with Crippen LogP contribution in [0.2, 0.25) is 0 Å². The molecule has 1 aliphatic heterocycles. The van der Waals surface area contributed by atoms with E-state index in [1.807, 2.05) is 41.5 Å². The fraction of sp³-hybridized carbons (Fsp3) is 0.214. The molecule has 0 unspecified atom stereocenters. The Bertz CT molecular complexity index is 2460. The molecular weight excluding hydrogens is 689 g/mol. The van der Waals surface area contributed by atoms with Crippen LogP contribution in [-0.4, -0.2) is 0 Å². The maximum atomic E-state index is 6.92. The van der Waals surface area contributed by atoms with Gasteiger partial charge in [0.1, 0.15) is 11.5 Å².